The third-order valence-electron chi connectivity index (χ3n) is 4.51. The van der Waals surface area contributed by atoms with Gasteiger partial charge in [0, 0.05) is 46.8 Å². The van der Waals surface area contributed by atoms with Gasteiger partial charge in [-0.15, -0.1) is 0 Å². The van der Waals surface area contributed by atoms with Crippen molar-refractivity contribution in [1.82, 2.24) is 15.4 Å². The van der Waals surface area contributed by atoms with E-state index in [0.717, 1.165) is 37.0 Å². The number of nitrogens with zero attached hydrogens (tertiary/aromatic N) is 3. The first-order valence-corrected chi connectivity index (χ1v) is 9.15. The fraction of sp³-hybridized carbons (Fsp3) is 0.368. The molecule has 1 aromatic heterocycles. The topological polar surface area (TPSA) is 76.5 Å². The van der Waals surface area contributed by atoms with E-state index in [-0.39, 0.29) is 5.91 Å². The Balaban J connectivity index is 1.66. The zero-order chi connectivity index (χ0) is 17.9. The molecule has 1 N–H and O–H groups in total. The van der Waals surface area contributed by atoms with Gasteiger partial charge in [-0.2, -0.15) is 5.10 Å². The average molecular weight is 371 g/mol. The number of hydrogen-bond acceptors (Lipinski definition) is 5. The molecule has 1 saturated carbocycles. The Kier molecular flexibility index (Phi) is 4.95. The highest BCUT2D eigenvalue weighted by Gasteiger charge is 2.28. The van der Waals surface area contributed by atoms with Gasteiger partial charge in [-0.1, -0.05) is 29.8 Å². The molecule has 0 bridgehead atoms. The molecular formula is C19H19ClN4O2. The van der Waals surface area contributed by atoms with Crippen LogP contribution in [-0.2, 0) is 4.74 Å². The minimum atomic E-state index is -0.344. The number of rotatable bonds is 4. The summed E-state index contributed by atoms with van der Waals surface area (Å²) in [4.78, 5) is 21.8. The number of benzene rings is 1. The largest absolute Gasteiger partial charge is 0.381 e. The lowest BCUT2D eigenvalue weighted by molar-refractivity contribution is 0.0948. The van der Waals surface area contributed by atoms with Crippen molar-refractivity contribution in [1.29, 1.82) is 0 Å². The van der Waals surface area contributed by atoms with E-state index >= 15 is 0 Å². The Morgan fingerprint density at radius 2 is 1.96 bits per heavy atom. The number of halogens is 1. The van der Waals surface area contributed by atoms with Crippen LogP contribution < -0.4 is 5.43 Å². The van der Waals surface area contributed by atoms with E-state index < -0.39 is 0 Å². The number of nitrogens with one attached hydrogen (secondary N) is 1. The minimum absolute atomic E-state index is 0.311. The number of carbonyl (C=O) groups excluding carboxylic acids is 1. The van der Waals surface area contributed by atoms with Gasteiger partial charge in [-0.25, -0.2) is 15.4 Å². The quantitative estimate of drug-likeness (QED) is 0.834. The van der Waals surface area contributed by atoms with Crippen LogP contribution in [0.1, 0.15) is 47.9 Å². The second-order valence-corrected chi connectivity index (χ2v) is 6.88. The lowest BCUT2D eigenvalue weighted by Crippen LogP contribution is -2.25. The molecule has 0 spiro atoms. The van der Waals surface area contributed by atoms with Crippen LogP contribution in [0.5, 0.6) is 0 Å². The van der Waals surface area contributed by atoms with Gasteiger partial charge in [0.15, 0.2) is 0 Å². The van der Waals surface area contributed by atoms with Crippen LogP contribution in [0, 0.1) is 0 Å². The molecule has 26 heavy (non-hydrogen) atoms. The number of hydrogen-bond donors (Lipinski definition) is 1. The molecule has 2 fully saturated rings. The molecule has 1 aliphatic carbocycles. The summed E-state index contributed by atoms with van der Waals surface area (Å²) < 4.78 is 5.30. The maximum absolute atomic E-state index is 12.8. The van der Waals surface area contributed by atoms with E-state index in [2.05, 4.69) is 20.5 Å². The summed E-state index contributed by atoms with van der Waals surface area (Å²) in [5, 5.41) is 4.81. The molecule has 2 heterocycles. The molecule has 1 amide bonds. The second-order valence-electron chi connectivity index (χ2n) is 6.48. The molecule has 7 heteroatoms. The van der Waals surface area contributed by atoms with Gasteiger partial charge < -0.3 is 4.74 Å². The van der Waals surface area contributed by atoms with Crippen LogP contribution in [0.25, 0.3) is 11.1 Å². The van der Waals surface area contributed by atoms with E-state index in [1.165, 1.54) is 0 Å². The highest BCUT2D eigenvalue weighted by molar-refractivity contribution is 6.33. The fourth-order valence-corrected chi connectivity index (χ4v) is 3.12. The van der Waals surface area contributed by atoms with E-state index in [0.29, 0.717) is 41.2 Å². The van der Waals surface area contributed by atoms with Crippen LogP contribution in [0.15, 0.2) is 35.6 Å². The van der Waals surface area contributed by atoms with Crippen LogP contribution in [0.2, 0.25) is 5.02 Å². The predicted octanol–water partition coefficient (Wildman–Crippen LogP) is 3.57. The predicted molar refractivity (Wildman–Crippen MR) is 99.4 cm³/mol. The normalized spacial score (nSPS) is 17.0. The second kappa shape index (κ2) is 7.51. The van der Waals surface area contributed by atoms with E-state index in [1.54, 1.807) is 12.3 Å². The molecule has 2 aliphatic rings. The monoisotopic (exact) mass is 370 g/mol. The maximum atomic E-state index is 12.8. The Hall–Kier alpha value is -2.31. The Labute approximate surface area is 156 Å². The van der Waals surface area contributed by atoms with Crippen LogP contribution in [0.4, 0.5) is 0 Å². The molecule has 0 unspecified atom stereocenters. The molecular weight excluding hydrogens is 352 g/mol. The third-order valence-corrected chi connectivity index (χ3v) is 4.84. The first-order valence-electron chi connectivity index (χ1n) is 8.77. The van der Waals surface area contributed by atoms with Gasteiger partial charge in [-0.05, 0) is 18.9 Å². The highest BCUT2D eigenvalue weighted by atomic mass is 35.5. The summed E-state index contributed by atoms with van der Waals surface area (Å²) >= 11 is 6.32. The van der Waals surface area contributed by atoms with Gasteiger partial charge in [0.25, 0.3) is 5.91 Å². The summed E-state index contributed by atoms with van der Waals surface area (Å²) in [6.07, 6.45) is 5.28. The number of hydrazone groups is 1. The molecule has 2 aromatic rings. The van der Waals surface area contributed by atoms with E-state index in [4.69, 9.17) is 16.3 Å². The third kappa shape index (κ3) is 3.76. The van der Waals surface area contributed by atoms with Crippen LogP contribution in [-0.4, -0.2) is 34.8 Å². The molecule has 6 nitrogen and oxygen atoms in total. The molecule has 1 aromatic carbocycles. The van der Waals surface area contributed by atoms with E-state index in [1.807, 2.05) is 18.2 Å². The average Bonchev–Trinajstić information content (AvgIpc) is 3.52. The Bertz CT molecular complexity index is 856. The molecule has 0 radical (unpaired) electrons. The molecule has 1 saturated heterocycles. The van der Waals surface area contributed by atoms with E-state index in [9.17, 15) is 4.79 Å². The lowest BCUT2D eigenvalue weighted by Gasteiger charge is -2.14. The van der Waals surface area contributed by atoms with Gasteiger partial charge in [0.2, 0.25) is 0 Å². The number of amides is 1. The summed E-state index contributed by atoms with van der Waals surface area (Å²) in [6.45, 7) is 1.28. The van der Waals surface area contributed by atoms with Crippen molar-refractivity contribution in [3.05, 3.63) is 47.0 Å². The van der Waals surface area contributed by atoms with Gasteiger partial charge in [0.1, 0.15) is 11.5 Å². The van der Waals surface area contributed by atoms with Crippen LogP contribution >= 0.6 is 11.6 Å². The zero-order valence-electron chi connectivity index (χ0n) is 14.2. The van der Waals surface area contributed by atoms with Crippen molar-refractivity contribution < 1.29 is 9.53 Å². The number of aromatic nitrogens is 2. The SMILES string of the molecule is O=C(NN=C1CCOCC1)c1nc(C2CC2)ncc1-c1ccccc1Cl. The van der Waals surface area contributed by atoms with Crippen molar-refractivity contribution in [2.75, 3.05) is 13.2 Å². The number of ether oxygens (including phenoxy) is 1. The van der Waals surface area contributed by atoms with Crippen molar-refractivity contribution in [2.45, 2.75) is 31.6 Å². The molecule has 1 aliphatic heterocycles. The van der Waals surface area contributed by atoms with Crippen LogP contribution in [0.3, 0.4) is 0 Å². The fourth-order valence-electron chi connectivity index (χ4n) is 2.89. The standard InChI is InChI=1S/C19H19ClN4O2/c20-16-4-2-1-3-14(16)15-11-21-18(12-5-6-12)22-17(15)19(25)24-23-13-7-9-26-10-8-13/h1-4,11-12H,5-10H2,(H,24,25). The summed E-state index contributed by atoms with van der Waals surface area (Å²) in [5.41, 5.74) is 5.24. The number of carbonyl (C=O) groups is 1. The maximum Gasteiger partial charge on any atom is 0.290 e. The first kappa shape index (κ1) is 17.1. The smallest absolute Gasteiger partial charge is 0.290 e. The molecule has 134 valence electrons. The highest BCUT2D eigenvalue weighted by Crippen LogP contribution is 2.39. The van der Waals surface area contributed by atoms with Gasteiger partial charge in [-0.3, -0.25) is 4.79 Å². The van der Waals surface area contributed by atoms with Gasteiger partial charge >= 0.3 is 0 Å². The van der Waals surface area contributed by atoms with Crippen molar-refractivity contribution in [3.8, 4) is 11.1 Å². The minimum Gasteiger partial charge on any atom is -0.381 e. The van der Waals surface area contributed by atoms with Crippen molar-refractivity contribution in [3.63, 3.8) is 0 Å². The Morgan fingerprint density at radius 1 is 1.19 bits per heavy atom. The summed E-state index contributed by atoms with van der Waals surface area (Å²) in [7, 11) is 0. The molecule has 4 rings (SSSR count). The zero-order valence-corrected chi connectivity index (χ0v) is 15.0. The Morgan fingerprint density at radius 3 is 2.69 bits per heavy atom. The first-order chi connectivity index (χ1) is 12.7. The van der Waals surface area contributed by atoms with Gasteiger partial charge in [0.05, 0.1) is 13.2 Å². The molecule has 0 atom stereocenters. The summed E-state index contributed by atoms with van der Waals surface area (Å²) in [5.74, 6) is 0.719. The summed E-state index contributed by atoms with van der Waals surface area (Å²) in [6, 6.07) is 7.37. The lowest BCUT2D eigenvalue weighted by atomic mass is 10.0. The van der Waals surface area contributed by atoms with Crippen molar-refractivity contribution in [2.24, 2.45) is 5.10 Å². The van der Waals surface area contributed by atoms with Crippen molar-refractivity contribution >= 4 is 23.2 Å².